The number of hydrogen-bond donors (Lipinski definition) is 1. The summed E-state index contributed by atoms with van der Waals surface area (Å²) < 4.78 is 5.77. The van der Waals surface area contributed by atoms with Gasteiger partial charge in [-0.15, -0.1) is 0 Å². The molecular weight excluding hydrogens is 248 g/mol. The van der Waals surface area contributed by atoms with Crippen molar-refractivity contribution in [1.82, 2.24) is 10.2 Å². The Bertz CT molecular complexity index is 295. The largest absolute Gasteiger partial charge is 0.378 e. The van der Waals surface area contributed by atoms with Crippen molar-refractivity contribution < 1.29 is 4.74 Å². The van der Waals surface area contributed by atoms with E-state index < -0.39 is 0 Å². The van der Waals surface area contributed by atoms with Crippen LogP contribution in [0, 0.1) is 0 Å². The van der Waals surface area contributed by atoms with E-state index >= 15 is 0 Å². The second-order valence-electron chi connectivity index (χ2n) is 7.29. The Balaban J connectivity index is 1.52. The van der Waals surface area contributed by atoms with Crippen LogP contribution >= 0.6 is 0 Å². The van der Waals surface area contributed by atoms with Crippen LogP contribution in [0.4, 0.5) is 0 Å². The molecular formula is C17H32N2O. The quantitative estimate of drug-likeness (QED) is 0.857. The van der Waals surface area contributed by atoms with Gasteiger partial charge in [-0.25, -0.2) is 0 Å². The average molecular weight is 280 g/mol. The minimum absolute atomic E-state index is 0.487. The van der Waals surface area contributed by atoms with E-state index in [-0.39, 0.29) is 0 Å². The van der Waals surface area contributed by atoms with Gasteiger partial charge in [-0.05, 0) is 52.0 Å². The predicted octanol–water partition coefficient (Wildman–Crippen LogP) is 2.94. The molecule has 3 aliphatic rings. The molecule has 2 heterocycles. The van der Waals surface area contributed by atoms with Crippen molar-refractivity contribution in [1.29, 1.82) is 0 Å². The van der Waals surface area contributed by atoms with Crippen molar-refractivity contribution in [2.45, 2.75) is 82.4 Å². The molecule has 1 N–H and O–H groups in total. The van der Waals surface area contributed by atoms with Crippen molar-refractivity contribution >= 4 is 0 Å². The van der Waals surface area contributed by atoms with Gasteiger partial charge in [-0.1, -0.05) is 19.3 Å². The predicted molar refractivity (Wildman–Crippen MR) is 83.1 cm³/mol. The van der Waals surface area contributed by atoms with Gasteiger partial charge in [0, 0.05) is 31.3 Å². The van der Waals surface area contributed by atoms with E-state index in [1.165, 1.54) is 77.4 Å². The maximum atomic E-state index is 5.77. The lowest BCUT2D eigenvalue weighted by atomic mass is 9.78. The summed E-state index contributed by atoms with van der Waals surface area (Å²) in [5.41, 5.74) is 0.487. The monoisotopic (exact) mass is 280 g/mol. The lowest BCUT2D eigenvalue weighted by Gasteiger charge is -2.52. The van der Waals surface area contributed by atoms with Gasteiger partial charge in [0.05, 0.1) is 6.10 Å². The maximum absolute atomic E-state index is 5.77. The Morgan fingerprint density at radius 3 is 2.80 bits per heavy atom. The molecule has 0 radical (unpaired) electrons. The van der Waals surface area contributed by atoms with Gasteiger partial charge in [0.15, 0.2) is 0 Å². The Kier molecular flexibility index (Phi) is 5.00. The number of hydrogen-bond acceptors (Lipinski definition) is 3. The highest BCUT2D eigenvalue weighted by Crippen LogP contribution is 2.35. The van der Waals surface area contributed by atoms with E-state index in [1.807, 2.05) is 0 Å². The van der Waals surface area contributed by atoms with Crippen molar-refractivity contribution in [3.8, 4) is 0 Å². The third-order valence-electron chi connectivity index (χ3n) is 5.71. The van der Waals surface area contributed by atoms with Crippen LogP contribution in [0.15, 0.2) is 0 Å². The molecule has 116 valence electrons. The SMILES string of the molecule is CC1CN(CCCC2CCCO2)C2(CCCCC2)CN1. The summed E-state index contributed by atoms with van der Waals surface area (Å²) in [7, 11) is 0. The summed E-state index contributed by atoms with van der Waals surface area (Å²) >= 11 is 0. The van der Waals surface area contributed by atoms with Gasteiger partial charge < -0.3 is 10.1 Å². The molecule has 3 heteroatoms. The number of piperazine rings is 1. The molecule has 20 heavy (non-hydrogen) atoms. The van der Waals surface area contributed by atoms with Crippen LogP contribution in [0.1, 0.15) is 64.7 Å². The zero-order valence-electron chi connectivity index (χ0n) is 13.2. The van der Waals surface area contributed by atoms with Crippen LogP contribution in [0.5, 0.6) is 0 Å². The van der Waals surface area contributed by atoms with Crippen molar-refractivity contribution in [2.75, 3.05) is 26.2 Å². The summed E-state index contributed by atoms with van der Waals surface area (Å²) in [6.45, 7) is 7.08. The van der Waals surface area contributed by atoms with Crippen LogP contribution in [-0.4, -0.2) is 48.8 Å². The van der Waals surface area contributed by atoms with E-state index in [2.05, 4.69) is 17.1 Å². The first-order valence-electron chi connectivity index (χ1n) is 8.89. The smallest absolute Gasteiger partial charge is 0.0576 e. The molecule has 1 aliphatic carbocycles. The number of nitrogens with one attached hydrogen (secondary N) is 1. The molecule has 2 atom stereocenters. The third kappa shape index (κ3) is 3.37. The molecule has 0 aromatic rings. The minimum Gasteiger partial charge on any atom is -0.378 e. The Morgan fingerprint density at radius 2 is 2.05 bits per heavy atom. The Labute approximate surface area is 124 Å². The molecule has 0 aromatic heterocycles. The van der Waals surface area contributed by atoms with Gasteiger partial charge >= 0.3 is 0 Å². The highest BCUT2D eigenvalue weighted by atomic mass is 16.5. The highest BCUT2D eigenvalue weighted by Gasteiger charge is 2.40. The summed E-state index contributed by atoms with van der Waals surface area (Å²) in [6, 6.07) is 0.658. The second kappa shape index (κ2) is 6.76. The maximum Gasteiger partial charge on any atom is 0.0576 e. The number of ether oxygens (including phenoxy) is 1. The van der Waals surface area contributed by atoms with Crippen LogP contribution in [0.3, 0.4) is 0 Å². The Hall–Kier alpha value is -0.120. The molecule has 0 bridgehead atoms. The zero-order valence-corrected chi connectivity index (χ0v) is 13.2. The minimum atomic E-state index is 0.487. The van der Waals surface area contributed by atoms with Gasteiger partial charge in [0.1, 0.15) is 0 Å². The molecule has 3 rings (SSSR count). The van der Waals surface area contributed by atoms with E-state index in [1.54, 1.807) is 0 Å². The standard InChI is InChI=1S/C17H32N2O/c1-15-13-19(11-5-7-16-8-6-12-20-16)17(14-18-15)9-3-2-4-10-17/h15-16,18H,2-14H2,1H3. The Morgan fingerprint density at radius 1 is 1.20 bits per heavy atom. The number of rotatable bonds is 4. The van der Waals surface area contributed by atoms with Crippen molar-refractivity contribution in [2.24, 2.45) is 0 Å². The van der Waals surface area contributed by atoms with Gasteiger partial charge in [-0.2, -0.15) is 0 Å². The molecule has 0 aromatic carbocycles. The molecule has 3 fully saturated rings. The summed E-state index contributed by atoms with van der Waals surface area (Å²) in [5.74, 6) is 0. The van der Waals surface area contributed by atoms with Crippen LogP contribution < -0.4 is 5.32 Å². The molecule has 1 saturated carbocycles. The van der Waals surface area contributed by atoms with E-state index in [0.29, 0.717) is 17.7 Å². The summed E-state index contributed by atoms with van der Waals surface area (Å²) in [4.78, 5) is 2.84. The molecule has 2 saturated heterocycles. The fourth-order valence-electron chi connectivity index (χ4n) is 4.48. The third-order valence-corrected chi connectivity index (χ3v) is 5.71. The van der Waals surface area contributed by atoms with Crippen molar-refractivity contribution in [3.05, 3.63) is 0 Å². The normalized spacial score (nSPS) is 34.6. The first-order valence-corrected chi connectivity index (χ1v) is 8.89. The molecule has 2 unspecified atom stereocenters. The summed E-state index contributed by atoms with van der Waals surface area (Å²) in [6.07, 6.45) is 12.9. The average Bonchev–Trinajstić information content (AvgIpc) is 2.97. The number of nitrogens with zero attached hydrogens (tertiary/aromatic N) is 1. The first-order chi connectivity index (χ1) is 9.78. The van der Waals surface area contributed by atoms with Crippen LogP contribution in [-0.2, 0) is 4.74 Å². The second-order valence-corrected chi connectivity index (χ2v) is 7.29. The van der Waals surface area contributed by atoms with Gasteiger partial charge in [-0.3, -0.25) is 4.90 Å². The zero-order chi connectivity index (χ0) is 13.8. The van der Waals surface area contributed by atoms with Gasteiger partial charge in [0.2, 0.25) is 0 Å². The van der Waals surface area contributed by atoms with Crippen LogP contribution in [0.2, 0.25) is 0 Å². The van der Waals surface area contributed by atoms with E-state index in [0.717, 1.165) is 6.61 Å². The van der Waals surface area contributed by atoms with Gasteiger partial charge in [0.25, 0.3) is 0 Å². The fraction of sp³-hybridized carbons (Fsp3) is 1.00. The highest BCUT2D eigenvalue weighted by molar-refractivity contribution is 4.99. The topological polar surface area (TPSA) is 24.5 Å². The molecule has 1 spiro atoms. The van der Waals surface area contributed by atoms with E-state index in [9.17, 15) is 0 Å². The van der Waals surface area contributed by atoms with E-state index in [4.69, 9.17) is 4.74 Å². The van der Waals surface area contributed by atoms with Crippen LogP contribution in [0.25, 0.3) is 0 Å². The lowest BCUT2D eigenvalue weighted by Crippen LogP contribution is -2.64. The van der Waals surface area contributed by atoms with Crippen molar-refractivity contribution in [3.63, 3.8) is 0 Å². The molecule has 3 nitrogen and oxygen atoms in total. The first kappa shape index (κ1) is 14.8. The summed E-state index contributed by atoms with van der Waals surface area (Å²) in [5, 5.41) is 3.74. The molecule has 2 aliphatic heterocycles. The fourth-order valence-corrected chi connectivity index (χ4v) is 4.48. The molecule has 0 amide bonds. The lowest BCUT2D eigenvalue weighted by molar-refractivity contribution is 0.00802.